The molecule has 1 aliphatic rings. The zero-order chi connectivity index (χ0) is 18.1. The number of carbonyl (C=O) groups excluding carboxylic acids is 1. The lowest BCUT2D eigenvalue weighted by Gasteiger charge is -2.43. The highest BCUT2D eigenvalue weighted by atomic mass is 35.5. The first kappa shape index (κ1) is 17.1. The smallest absolute Gasteiger partial charge is 0.407 e. The third kappa shape index (κ3) is 3.39. The minimum absolute atomic E-state index is 0.172. The summed E-state index contributed by atoms with van der Waals surface area (Å²) in [6.45, 7) is 0.124. The molecule has 0 spiro atoms. The molecule has 10 nitrogen and oxygen atoms in total. The van der Waals surface area contributed by atoms with E-state index in [0.717, 1.165) is 0 Å². The maximum Gasteiger partial charge on any atom is 0.407 e. The Labute approximate surface area is 147 Å². The van der Waals surface area contributed by atoms with Crippen molar-refractivity contribution in [1.29, 1.82) is 0 Å². The average molecular weight is 367 g/mol. The Balaban J connectivity index is 1.93. The molecular weight excluding hydrogens is 352 g/mol. The van der Waals surface area contributed by atoms with Crippen molar-refractivity contribution >= 4 is 46.3 Å². The Morgan fingerprint density at radius 2 is 2.12 bits per heavy atom. The van der Waals surface area contributed by atoms with Gasteiger partial charge in [-0.05, 0) is 0 Å². The van der Waals surface area contributed by atoms with Crippen LogP contribution in [0.25, 0.3) is 11.0 Å². The standard InChI is InChI=1S/C14H15ClN6O4/c1-20(14(24)25)7-4-21(5-7)13-12(19-11(23)6-22)17-8-2-10(15)16-3-9(8)18-13/h2-3,7,22H,4-6H2,1H3,(H,24,25)(H,17,19,23). The van der Waals surface area contributed by atoms with Crippen LogP contribution in [0, 0.1) is 0 Å². The number of aliphatic hydroxyl groups excluding tert-OH is 1. The van der Waals surface area contributed by atoms with E-state index in [9.17, 15) is 9.59 Å². The number of fused-ring (bicyclic) bond motifs is 1. The summed E-state index contributed by atoms with van der Waals surface area (Å²) in [5.41, 5.74) is 0.924. The highest BCUT2D eigenvalue weighted by molar-refractivity contribution is 6.29. The van der Waals surface area contributed by atoms with Gasteiger partial charge in [0.1, 0.15) is 17.3 Å². The summed E-state index contributed by atoms with van der Waals surface area (Å²) in [5, 5.41) is 20.7. The van der Waals surface area contributed by atoms with Gasteiger partial charge in [0.25, 0.3) is 5.91 Å². The normalized spacial score (nSPS) is 14.3. The lowest BCUT2D eigenvalue weighted by atomic mass is 10.1. The van der Waals surface area contributed by atoms with Crippen LogP contribution in [0.3, 0.4) is 0 Å². The molecule has 0 unspecified atom stereocenters. The third-order valence-electron chi connectivity index (χ3n) is 3.91. The number of halogens is 1. The van der Waals surface area contributed by atoms with E-state index in [1.54, 1.807) is 4.90 Å². The Kier molecular flexibility index (Phi) is 4.55. The molecule has 1 aliphatic heterocycles. The molecule has 3 heterocycles. The molecule has 11 heteroatoms. The second kappa shape index (κ2) is 6.65. The van der Waals surface area contributed by atoms with Gasteiger partial charge in [-0.3, -0.25) is 4.79 Å². The summed E-state index contributed by atoms with van der Waals surface area (Å²) < 4.78 is 0. The molecule has 3 N–H and O–H groups in total. The van der Waals surface area contributed by atoms with Crippen LogP contribution in [0.1, 0.15) is 0 Å². The number of anilines is 2. The number of pyridine rings is 1. The number of carboxylic acid groups (broad SMARTS) is 1. The number of hydrogen-bond donors (Lipinski definition) is 3. The molecule has 1 saturated heterocycles. The fourth-order valence-corrected chi connectivity index (χ4v) is 2.58. The van der Waals surface area contributed by atoms with Crippen LogP contribution in [-0.4, -0.2) is 74.9 Å². The predicted octanol–water partition coefficient (Wildman–Crippen LogP) is 0.407. The maximum absolute atomic E-state index is 11.6. The van der Waals surface area contributed by atoms with E-state index < -0.39 is 18.6 Å². The van der Waals surface area contributed by atoms with E-state index in [-0.39, 0.29) is 17.0 Å². The van der Waals surface area contributed by atoms with Crippen molar-refractivity contribution in [2.75, 3.05) is 37.0 Å². The highest BCUT2D eigenvalue weighted by Gasteiger charge is 2.35. The lowest BCUT2D eigenvalue weighted by molar-refractivity contribution is -0.118. The quantitative estimate of drug-likeness (QED) is 0.663. The summed E-state index contributed by atoms with van der Waals surface area (Å²) in [5.74, 6) is -0.0755. The molecule has 25 heavy (non-hydrogen) atoms. The van der Waals surface area contributed by atoms with Crippen LogP contribution in [0.4, 0.5) is 16.4 Å². The molecule has 3 rings (SSSR count). The third-order valence-corrected chi connectivity index (χ3v) is 4.12. The van der Waals surface area contributed by atoms with E-state index in [4.69, 9.17) is 21.8 Å². The van der Waals surface area contributed by atoms with Crippen molar-refractivity contribution < 1.29 is 19.8 Å². The Morgan fingerprint density at radius 1 is 1.40 bits per heavy atom. The van der Waals surface area contributed by atoms with Crippen LogP contribution >= 0.6 is 11.6 Å². The number of aliphatic hydroxyl groups is 1. The number of likely N-dealkylation sites (N-methyl/N-ethyl adjacent to an activating group) is 1. The molecule has 2 amide bonds. The Morgan fingerprint density at radius 3 is 2.76 bits per heavy atom. The monoisotopic (exact) mass is 366 g/mol. The number of aromatic nitrogens is 3. The number of carbonyl (C=O) groups is 2. The van der Waals surface area contributed by atoms with Gasteiger partial charge in [-0.25, -0.2) is 19.7 Å². The second-order valence-corrected chi connectivity index (χ2v) is 5.94. The first-order valence-electron chi connectivity index (χ1n) is 7.33. The van der Waals surface area contributed by atoms with Crippen LogP contribution in [-0.2, 0) is 4.79 Å². The molecule has 0 aromatic carbocycles. The van der Waals surface area contributed by atoms with Gasteiger partial charge in [-0.15, -0.1) is 0 Å². The summed E-state index contributed by atoms with van der Waals surface area (Å²) in [6, 6.07) is 1.33. The molecule has 0 atom stereocenters. The van der Waals surface area contributed by atoms with Crippen molar-refractivity contribution in [1.82, 2.24) is 19.9 Å². The first-order valence-corrected chi connectivity index (χ1v) is 7.71. The van der Waals surface area contributed by atoms with E-state index >= 15 is 0 Å². The topological polar surface area (TPSA) is 132 Å². The van der Waals surface area contributed by atoms with Crippen molar-refractivity contribution in [3.63, 3.8) is 0 Å². The van der Waals surface area contributed by atoms with Crippen LogP contribution in [0.15, 0.2) is 12.3 Å². The highest BCUT2D eigenvalue weighted by Crippen LogP contribution is 2.30. The van der Waals surface area contributed by atoms with E-state index in [1.807, 2.05) is 0 Å². The minimum atomic E-state index is -1.01. The molecular formula is C14H15ClN6O4. The van der Waals surface area contributed by atoms with Crippen molar-refractivity contribution in [2.24, 2.45) is 0 Å². The number of hydrogen-bond acceptors (Lipinski definition) is 7. The van der Waals surface area contributed by atoms with Gasteiger partial charge in [-0.1, -0.05) is 11.6 Å². The van der Waals surface area contributed by atoms with E-state index in [1.165, 1.54) is 24.2 Å². The molecule has 1 fully saturated rings. The van der Waals surface area contributed by atoms with Crippen molar-refractivity contribution in [3.05, 3.63) is 17.4 Å². The van der Waals surface area contributed by atoms with E-state index in [2.05, 4.69) is 20.3 Å². The van der Waals surface area contributed by atoms with Gasteiger partial charge in [0, 0.05) is 26.2 Å². The van der Waals surface area contributed by atoms with Crippen LogP contribution < -0.4 is 10.2 Å². The second-order valence-electron chi connectivity index (χ2n) is 5.55. The average Bonchev–Trinajstić information content (AvgIpc) is 2.53. The molecule has 2 aromatic heterocycles. The number of amides is 2. The van der Waals surface area contributed by atoms with Gasteiger partial charge in [-0.2, -0.15) is 0 Å². The van der Waals surface area contributed by atoms with Gasteiger partial charge in [0.2, 0.25) is 0 Å². The van der Waals surface area contributed by atoms with Gasteiger partial charge >= 0.3 is 6.09 Å². The molecule has 2 aromatic rings. The molecule has 0 saturated carbocycles. The molecule has 0 radical (unpaired) electrons. The molecule has 0 aliphatic carbocycles. The van der Waals surface area contributed by atoms with Crippen LogP contribution in [0.2, 0.25) is 5.15 Å². The van der Waals surface area contributed by atoms with Crippen molar-refractivity contribution in [3.8, 4) is 0 Å². The largest absolute Gasteiger partial charge is 0.465 e. The predicted molar refractivity (Wildman–Crippen MR) is 89.8 cm³/mol. The van der Waals surface area contributed by atoms with Crippen LogP contribution in [0.5, 0.6) is 0 Å². The SMILES string of the molecule is CN(C(=O)O)C1CN(c2nc3cnc(Cl)cc3nc2NC(=O)CO)C1. The zero-order valence-electron chi connectivity index (χ0n) is 13.2. The number of nitrogens with one attached hydrogen (secondary N) is 1. The fourth-order valence-electron chi connectivity index (χ4n) is 2.43. The van der Waals surface area contributed by atoms with Gasteiger partial charge < -0.3 is 25.3 Å². The Hall–Kier alpha value is -2.72. The molecule has 0 bridgehead atoms. The summed E-state index contributed by atoms with van der Waals surface area (Å²) in [4.78, 5) is 38.3. The zero-order valence-corrected chi connectivity index (χ0v) is 13.9. The summed E-state index contributed by atoms with van der Waals surface area (Å²) in [7, 11) is 1.50. The van der Waals surface area contributed by atoms with Gasteiger partial charge in [0.05, 0.1) is 17.8 Å². The van der Waals surface area contributed by atoms with Gasteiger partial charge in [0.15, 0.2) is 11.6 Å². The molecule has 132 valence electrons. The summed E-state index contributed by atoms with van der Waals surface area (Å²) in [6.07, 6.45) is 0.453. The number of rotatable bonds is 4. The fraction of sp³-hybridized carbons (Fsp3) is 0.357. The maximum atomic E-state index is 11.6. The number of nitrogens with zero attached hydrogens (tertiary/aromatic N) is 5. The summed E-state index contributed by atoms with van der Waals surface area (Å²) >= 11 is 5.85. The van der Waals surface area contributed by atoms with E-state index in [0.29, 0.717) is 29.9 Å². The minimum Gasteiger partial charge on any atom is -0.465 e. The lowest BCUT2D eigenvalue weighted by Crippen LogP contribution is -2.60. The Bertz CT molecular complexity index is 841. The van der Waals surface area contributed by atoms with Crippen molar-refractivity contribution in [2.45, 2.75) is 6.04 Å². The first-order chi connectivity index (χ1) is 11.9.